The molecule has 0 N–H and O–H groups in total. The monoisotopic (exact) mass is 222 g/mol. The van der Waals surface area contributed by atoms with Gasteiger partial charge in [-0.15, -0.1) is 0 Å². The van der Waals surface area contributed by atoms with Crippen LogP contribution in [-0.2, 0) is 4.79 Å². The van der Waals surface area contributed by atoms with Crippen molar-refractivity contribution in [2.24, 2.45) is 0 Å². The Morgan fingerprint density at radius 3 is 2.75 bits per heavy atom. The molecule has 0 fully saturated rings. The van der Waals surface area contributed by atoms with Gasteiger partial charge in [0.1, 0.15) is 12.1 Å². The number of aromatic nitrogens is 2. The zero-order valence-electron chi connectivity index (χ0n) is 10.1. The van der Waals surface area contributed by atoms with Gasteiger partial charge in [0.25, 0.3) is 0 Å². The van der Waals surface area contributed by atoms with Crippen molar-refractivity contribution in [3.63, 3.8) is 0 Å². The van der Waals surface area contributed by atoms with Crippen LogP contribution in [-0.4, -0.2) is 22.4 Å². The van der Waals surface area contributed by atoms with E-state index >= 15 is 0 Å². The number of carbonyl (C=O) groups excluding carboxylic acids is 1. The fourth-order valence-corrected chi connectivity index (χ4v) is 1.53. The molecule has 0 saturated carbocycles. The van der Waals surface area contributed by atoms with Gasteiger partial charge in [-0.1, -0.05) is 13.8 Å². The molecule has 0 aliphatic rings. The zero-order chi connectivity index (χ0) is 12.0. The Morgan fingerprint density at radius 1 is 1.44 bits per heavy atom. The van der Waals surface area contributed by atoms with Crippen molar-refractivity contribution in [3.8, 4) is 5.88 Å². The first-order valence-electron chi connectivity index (χ1n) is 5.64. The topological polar surface area (TPSA) is 52.1 Å². The van der Waals surface area contributed by atoms with Crippen molar-refractivity contribution >= 4 is 5.78 Å². The highest BCUT2D eigenvalue weighted by atomic mass is 16.5. The van der Waals surface area contributed by atoms with Gasteiger partial charge in [-0.2, -0.15) is 0 Å². The summed E-state index contributed by atoms with van der Waals surface area (Å²) in [5.41, 5.74) is 0.746. The van der Waals surface area contributed by atoms with Gasteiger partial charge in [-0.3, -0.25) is 4.79 Å². The predicted molar refractivity (Wildman–Crippen MR) is 61.5 cm³/mol. The van der Waals surface area contributed by atoms with Gasteiger partial charge in [0.2, 0.25) is 5.88 Å². The van der Waals surface area contributed by atoms with Gasteiger partial charge in [-0.25, -0.2) is 9.97 Å². The van der Waals surface area contributed by atoms with E-state index in [9.17, 15) is 4.79 Å². The third kappa shape index (κ3) is 3.29. The summed E-state index contributed by atoms with van der Waals surface area (Å²) >= 11 is 0. The van der Waals surface area contributed by atoms with Gasteiger partial charge >= 0.3 is 0 Å². The van der Waals surface area contributed by atoms with Crippen LogP contribution in [0.15, 0.2) is 12.4 Å². The highest BCUT2D eigenvalue weighted by Gasteiger charge is 2.16. The van der Waals surface area contributed by atoms with Crippen molar-refractivity contribution in [1.82, 2.24) is 9.97 Å². The zero-order valence-corrected chi connectivity index (χ0v) is 10.1. The fourth-order valence-electron chi connectivity index (χ4n) is 1.53. The molecular weight excluding hydrogens is 204 g/mol. The third-order valence-electron chi connectivity index (χ3n) is 2.37. The molecule has 0 spiro atoms. The van der Waals surface area contributed by atoms with Gasteiger partial charge in [-0.05, 0) is 19.8 Å². The Bertz CT molecular complexity index is 353. The number of carbonyl (C=O) groups is 1. The molecule has 0 amide bonds. The molecule has 0 aliphatic carbocycles. The Morgan fingerprint density at radius 2 is 2.19 bits per heavy atom. The summed E-state index contributed by atoms with van der Waals surface area (Å²) in [5.74, 6) is 0.529. The van der Waals surface area contributed by atoms with Gasteiger partial charge < -0.3 is 4.74 Å². The first-order valence-corrected chi connectivity index (χ1v) is 5.64. The maximum absolute atomic E-state index is 11.4. The van der Waals surface area contributed by atoms with Crippen molar-refractivity contribution < 1.29 is 9.53 Å². The molecule has 0 radical (unpaired) electrons. The molecule has 1 aromatic rings. The molecule has 88 valence electrons. The minimum atomic E-state index is -0.146. The van der Waals surface area contributed by atoms with Crippen LogP contribution in [0.25, 0.3) is 0 Å². The number of rotatable bonds is 6. The second-order valence-electron chi connectivity index (χ2n) is 3.70. The van der Waals surface area contributed by atoms with Crippen molar-refractivity contribution in [1.29, 1.82) is 0 Å². The van der Waals surface area contributed by atoms with Crippen LogP contribution >= 0.6 is 0 Å². The Kier molecular flexibility index (Phi) is 4.89. The predicted octanol–water partition coefficient (Wildman–Crippen LogP) is 2.35. The lowest BCUT2D eigenvalue weighted by atomic mass is 9.98. The van der Waals surface area contributed by atoms with E-state index in [-0.39, 0.29) is 11.7 Å². The first-order chi connectivity index (χ1) is 7.69. The van der Waals surface area contributed by atoms with Crippen LogP contribution in [0.3, 0.4) is 0 Å². The molecule has 0 aromatic carbocycles. The summed E-state index contributed by atoms with van der Waals surface area (Å²) in [4.78, 5) is 19.5. The van der Waals surface area contributed by atoms with Crippen LogP contribution < -0.4 is 4.74 Å². The summed E-state index contributed by atoms with van der Waals surface area (Å²) in [6.45, 7) is 6.23. The number of ether oxygens (including phenoxy) is 1. The number of hydrogen-bond donors (Lipinski definition) is 0. The highest BCUT2D eigenvalue weighted by Crippen LogP contribution is 2.20. The van der Waals surface area contributed by atoms with E-state index in [0.29, 0.717) is 12.5 Å². The molecular formula is C12H18N2O2. The third-order valence-corrected chi connectivity index (χ3v) is 2.37. The Hall–Kier alpha value is -1.45. The van der Waals surface area contributed by atoms with Crippen molar-refractivity contribution in [2.75, 3.05) is 6.61 Å². The Labute approximate surface area is 96.1 Å². The van der Waals surface area contributed by atoms with E-state index in [1.807, 2.05) is 13.8 Å². The summed E-state index contributed by atoms with van der Waals surface area (Å²) in [6.07, 6.45) is 3.13. The van der Waals surface area contributed by atoms with Gasteiger partial charge in [0.05, 0.1) is 18.2 Å². The quantitative estimate of drug-likeness (QED) is 0.741. The van der Waals surface area contributed by atoms with E-state index in [1.165, 1.54) is 6.33 Å². The van der Waals surface area contributed by atoms with Gasteiger partial charge in [0.15, 0.2) is 0 Å². The SMILES string of the molecule is CCCOc1cc(C(CC)C(C)=O)ncn1. The summed E-state index contributed by atoms with van der Waals surface area (Å²) in [6, 6.07) is 1.76. The summed E-state index contributed by atoms with van der Waals surface area (Å²) in [7, 11) is 0. The molecule has 1 rings (SSSR count). The minimum absolute atomic E-state index is 0.127. The van der Waals surface area contributed by atoms with Crippen LogP contribution in [0.2, 0.25) is 0 Å². The Balaban J connectivity index is 2.83. The largest absolute Gasteiger partial charge is 0.478 e. The fraction of sp³-hybridized carbons (Fsp3) is 0.583. The molecule has 4 nitrogen and oxygen atoms in total. The number of Topliss-reactive ketones (excluding diaryl/α,β-unsaturated/α-hetero) is 1. The average Bonchev–Trinajstić information content (AvgIpc) is 2.27. The molecule has 0 aliphatic heterocycles. The maximum Gasteiger partial charge on any atom is 0.216 e. The normalized spacial score (nSPS) is 12.2. The highest BCUT2D eigenvalue weighted by molar-refractivity contribution is 5.82. The van der Waals surface area contributed by atoms with Crippen molar-refractivity contribution in [3.05, 3.63) is 18.1 Å². The molecule has 16 heavy (non-hydrogen) atoms. The number of ketones is 1. The molecule has 1 heterocycles. The molecule has 0 saturated heterocycles. The second kappa shape index (κ2) is 6.20. The smallest absolute Gasteiger partial charge is 0.216 e. The summed E-state index contributed by atoms with van der Waals surface area (Å²) < 4.78 is 5.41. The van der Waals surface area contributed by atoms with E-state index in [0.717, 1.165) is 18.5 Å². The molecule has 1 unspecified atom stereocenters. The van der Waals surface area contributed by atoms with Crippen LogP contribution in [0.1, 0.15) is 45.2 Å². The number of nitrogens with zero attached hydrogens (tertiary/aromatic N) is 2. The maximum atomic E-state index is 11.4. The lowest BCUT2D eigenvalue weighted by Gasteiger charge is -2.11. The lowest BCUT2D eigenvalue weighted by molar-refractivity contribution is -0.118. The van der Waals surface area contributed by atoms with Gasteiger partial charge in [0, 0.05) is 6.07 Å². The lowest BCUT2D eigenvalue weighted by Crippen LogP contribution is -2.10. The summed E-state index contributed by atoms with van der Waals surface area (Å²) in [5, 5.41) is 0. The molecule has 4 heteroatoms. The van der Waals surface area contributed by atoms with Crippen molar-refractivity contribution in [2.45, 2.75) is 39.5 Å². The van der Waals surface area contributed by atoms with Crippen LogP contribution in [0.5, 0.6) is 5.88 Å². The second-order valence-corrected chi connectivity index (χ2v) is 3.70. The minimum Gasteiger partial charge on any atom is -0.478 e. The standard InChI is InChI=1S/C12H18N2O2/c1-4-6-16-12-7-11(13-8-14-12)10(5-2)9(3)15/h7-8,10H,4-6H2,1-3H3. The molecule has 1 aromatic heterocycles. The van der Waals surface area contributed by atoms with E-state index in [2.05, 4.69) is 9.97 Å². The first kappa shape index (κ1) is 12.6. The van der Waals surface area contributed by atoms with E-state index < -0.39 is 0 Å². The van der Waals surface area contributed by atoms with E-state index in [1.54, 1.807) is 13.0 Å². The van der Waals surface area contributed by atoms with Crippen LogP contribution in [0, 0.1) is 0 Å². The average molecular weight is 222 g/mol. The molecule has 0 bridgehead atoms. The van der Waals surface area contributed by atoms with E-state index in [4.69, 9.17) is 4.74 Å². The van der Waals surface area contributed by atoms with Crippen LogP contribution in [0.4, 0.5) is 0 Å². The molecule has 1 atom stereocenters. The number of hydrogen-bond acceptors (Lipinski definition) is 4.